The van der Waals surface area contributed by atoms with Crippen LogP contribution in [-0.2, 0) is 0 Å². The molecule has 0 atom stereocenters. The average molecular weight is 285 g/mol. The number of aromatic nitrogens is 1. The molecular weight excluding hydrogens is 266 g/mol. The minimum absolute atomic E-state index is 0.349. The van der Waals surface area contributed by atoms with Gasteiger partial charge < -0.3 is 11.1 Å². The Morgan fingerprint density at radius 2 is 1.70 bits per heavy atom. The summed E-state index contributed by atoms with van der Waals surface area (Å²) in [6.07, 6.45) is 0. The molecule has 1 aromatic carbocycles. The van der Waals surface area contributed by atoms with Gasteiger partial charge in [0.05, 0.1) is 5.56 Å². The number of nitrogens with zero attached hydrogens (tertiary/aromatic N) is 1. The molecule has 104 valence electrons. The first-order chi connectivity index (χ1) is 9.38. The van der Waals surface area contributed by atoms with E-state index < -0.39 is 0 Å². The quantitative estimate of drug-likeness (QED) is 0.844. The molecule has 0 unspecified atom stereocenters. The van der Waals surface area contributed by atoms with Gasteiger partial charge in [-0.1, -0.05) is 29.9 Å². The smallest absolute Gasteiger partial charge is 0.140 e. The van der Waals surface area contributed by atoms with E-state index in [4.69, 9.17) is 18.0 Å². The van der Waals surface area contributed by atoms with E-state index in [0.717, 1.165) is 16.9 Å². The second-order valence-electron chi connectivity index (χ2n) is 5.11. The van der Waals surface area contributed by atoms with Crippen LogP contribution in [0.15, 0.2) is 24.3 Å². The van der Waals surface area contributed by atoms with Gasteiger partial charge in [0.1, 0.15) is 10.8 Å². The molecule has 20 heavy (non-hydrogen) atoms. The zero-order chi connectivity index (χ0) is 14.9. The fraction of sp³-hybridized carbons (Fsp3) is 0.250. The fourth-order valence-corrected chi connectivity index (χ4v) is 2.51. The Morgan fingerprint density at radius 3 is 2.25 bits per heavy atom. The first-order valence-electron chi connectivity index (χ1n) is 6.51. The Bertz CT molecular complexity index is 654. The van der Waals surface area contributed by atoms with Crippen molar-refractivity contribution in [3.8, 4) is 0 Å². The average Bonchev–Trinajstić information content (AvgIpc) is 2.33. The summed E-state index contributed by atoms with van der Waals surface area (Å²) in [4.78, 5) is 4.87. The van der Waals surface area contributed by atoms with Crippen molar-refractivity contribution < 1.29 is 0 Å². The number of thiocarbonyl (C=S) groups is 1. The molecule has 0 radical (unpaired) electrons. The van der Waals surface area contributed by atoms with Crippen LogP contribution in [-0.4, -0.2) is 9.97 Å². The maximum Gasteiger partial charge on any atom is 0.140 e. The third-order valence-corrected chi connectivity index (χ3v) is 3.44. The molecular formula is C16H19N3S. The first kappa shape index (κ1) is 14.5. The van der Waals surface area contributed by atoms with Crippen LogP contribution in [0.25, 0.3) is 0 Å². The van der Waals surface area contributed by atoms with Gasteiger partial charge in [0.25, 0.3) is 0 Å². The third kappa shape index (κ3) is 2.96. The molecule has 0 amide bonds. The molecule has 4 heteroatoms. The largest absolute Gasteiger partial charge is 0.389 e. The van der Waals surface area contributed by atoms with Crippen molar-refractivity contribution >= 4 is 28.7 Å². The lowest BCUT2D eigenvalue weighted by atomic mass is 10.0. The van der Waals surface area contributed by atoms with Gasteiger partial charge in [-0.3, -0.25) is 0 Å². The number of nitrogens with two attached hydrogens (primary N) is 1. The zero-order valence-corrected chi connectivity index (χ0v) is 13.1. The molecule has 0 spiro atoms. The van der Waals surface area contributed by atoms with Crippen LogP contribution in [0.3, 0.4) is 0 Å². The summed E-state index contributed by atoms with van der Waals surface area (Å²) in [5.74, 6) is 0.715. The number of rotatable bonds is 3. The second kappa shape index (κ2) is 5.59. The van der Waals surface area contributed by atoms with E-state index in [1.165, 1.54) is 16.7 Å². The van der Waals surface area contributed by atoms with E-state index in [-0.39, 0.29) is 0 Å². The van der Waals surface area contributed by atoms with Crippen LogP contribution in [0, 0.1) is 27.7 Å². The molecule has 0 aliphatic rings. The number of hydrogen-bond donors (Lipinski definition) is 2. The summed E-state index contributed by atoms with van der Waals surface area (Å²) in [6, 6.07) is 8.11. The Labute approximate surface area is 125 Å². The summed E-state index contributed by atoms with van der Waals surface area (Å²) in [7, 11) is 0. The van der Waals surface area contributed by atoms with E-state index in [2.05, 4.69) is 43.2 Å². The molecule has 2 rings (SSSR count). The van der Waals surface area contributed by atoms with Gasteiger partial charge in [0, 0.05) is 11.4 Å². The zero-order valence-electron chi connectivity index (χ0n) is 12.2. The minimum atomic E-state index is 0.349. The molecule has 0 saturated heterocycles. The standard InChI is InChI=1S/C16H19N3S/c1-9-7-10(2)14(11(3)8-9)19-16-13(15(17)20)6-5-12(4)18-16/h5-8H,1-4H3,(H2,17,20)(H,18,19). The molecule has 3 N–H and O–H groups in total. The van der Waals surface area contributed by atoms with Gasteiger partial charge in [-0.25, -0.2) is 4.98 Å². The van der Waals surface area contributed by atoms with Crippen LogP contribution >= 0.6 is 12.2 Å². The Hall–Kier alpha value is -1.94. The summed E-state index contributed by atoms with van der Waals surface area (Å²) in [5.41, 5.74) is 12.1. The van der Waals surface area contributed by atoms with E-state index in [9.17, 15) is 0 Å². The molecule has 1 heterocycles. The third-order valence-electron chi connectivity index (χ3n) is 3.22. The Balaban J connectivity index is 2.50. The van der Waals surface area contributed by atoms with Crippen molar-refractivity contribution in [3.05, 3.63) is 52.2 Å². The highest BCUT2D eigenvalue weighted by atomic mass is 32.1. The van der Waals surface area contributed by atoms with Gasteiger partial charge >= 0.3 is 0 Å². The van der Waals surface area contributed by atoms with E-state index in [1.807, 2.05) is 19.1 Å². The summed E-state index contributed by atoms with van der Waals surface area (Å²) >= 11 is 5.09. The highest BCUT2D eigenvalue weighted by Crippen LogP contribution is 2.27. The lowest BCUT2D eigenvalue weighted by molar-refractivity contribution is 1.18. The van der Waals surface area contributed by atoms with Crippen molar-refractivity contribution in [2.45, 2.75) is 27.7 Å². The van der Waals surface area contributed by atoms with Crippen LogP contribution in [0.4, 0.5) is 11.5 Å². The van der Waals surface area contributed by atoms with Crippen molar-refractivity contribution in [2.24, 2.45) is 5.73 Å². The number of nitrogens with one attached hydrogen (secondary N) is 1. The van der Waals surface area contributed by atoms with Gasteiger partial charge in [0.15, 0.2) is 0 Å². The molecule has 1 aromatic heterocycles. The topological polar surface area (TPSA) is 50.9 Å². The van der Waals surface area contributed by atoms with Gasteiger partial charge in [0.2, 0.25) is 0 Å². The summed E-state index contributed by atoms with van der Waals surface area (Å²) in [5, 5.41) is 3.38. The number of anilines is 2. The second-order valence-corrected chi connectivity index (χ2v) is 5.55. The fourth-order valence-electron chi connectivity index (χ4n) is 2.35. The summed E-state index contributed by atoms with van der Waals surface area (Å²) in [6.45, 7) is 8.20. The molecule has 0 fully saturated rings. The molecule has 0 saturated carbocycles. The van der Waals surface area contributed by atoms with Crippen LogP contribution in [0.5, 0.6) is 0 Å². The van der Waals surface area contributed by atoms with Crippen molar-refractivity contribution in [1.29, 1.82) is 0 Å². The molecule has 0 aliphatic carbocycles. The van der Waals surface area contributed by atoms with Gasteiger partial charge in [-0.15, -0.1) is 0 Å². The predicted molar refractivity (Wildman–Crippen MR) is 88.8 cm³/mol. The number of hydrogen-bond acceptors (Lipinski definition) is 3. The number of pyridine rings is 1. The predicted octanol–water partition coefficient (Wildman–Crippen LogP) is 3.69. The molecule has 0 aliphatic heterocycles. The lowest BCUT2D eigenvalue weighted by Gasteiger charge is -2.16. The van der Waals surface area contributed by atoms with Crippen molar-refractivity contribution in [3.63, 3.8) is 0 Å². The van der Waals surface area contributed by atoms with Crippen molar-refractivity contribution in [1.82, 2.24) is 4.98 Å². The van der Waals surface area contributed by atoms with Crippen LogP contribution in [0.1, 0.15) is 27.9 Å². The van der Waals surface area contributed by atoms with E-state index in [1.54, 1.807) is 0 Å². The van der Waals surface area contributed by atoms with Crippen molar-refractivity contribution in [2.75, 3.05) is 5.32 Å². The number of benzene rings is 1. The minimum Gasteiger partial charge on any atom is -0.389 e. The van der Waals surface area contributed by atoms with E-state index >= 15 is 0 Å². The van der Waals surface area contributed by atoms with Gasteiger partial charge in [-0.05, 0) is 51.0 Å². The van der Waals surface area contributed by atoms with Crippen LogP contribution < -0.4 is 11.1 Å². The Kier molecular flexibility index (Phi) is 4.04. The van der Waals surface area contributed by atoms with Gasteiger partial charge in [-0.2, -0.15) is 0 Å². The highest BCUT2D eigenvalue weighted by molar-refractivity contribution is 7.80. The van der Waals surface area contributed by atoms with Crippen LogP contribution in [0.2, 0.25) is 0 Å². The first-order valence-corrected chi connectivity index (χ1v) is 6.91. The number of aryl methyl sites for hydroxylation is 4. The van der Waals surface area contributed by atoms with E-state index in [0.29, 0.717) is 10.8 Å². The molecule has 0 bridgehead atoms. The SMILES string of the molecule is Cc1cc(C)c(Nc2nc(C)ccc2C(N)=S)c(C)c1. The molecule has 3 nitrogen and oxygen atoms in total. The highest BCUT2D eigenvalue weighted by Gasteiger charge is 2.10. The Morgan fingerprint density at radius 1 is 1.10 bits per heavy atom. The summed E-state index contributed by atoms with van der Waals surface area (Å²) < 4.78 is 0. The molecule has 2 aromatic rings. The lowest BCUT2D eigenvalue weighted by Crippen LogP contribution is -2.14. The maximum atomic E-state index is 5.77. The normalized spacial score (nSPS) is 10.4. The monoisotopic (exact) mass is 285 g/mol. The maximum absolute atomic E-state index is 5.77.